The number of hydrogen-bond acceptors (Lipinski definition) is 7. The van der Waals surface area contributed by atoms with Crippen molar-refractivity contribution in [3.05, 3.63) is 52.2 Å². The van der Waals surface area contributed by atoms with Crippen LogP contribution in [0.3, 0.4) is 0 Å². The van der Waals surface area contributed by atoms with Gasteiger partial charge in [-0.3, -0.25) is 19.1 Å². The van der Waals surface area contributed by atoms with Gasteiger partial charge in [-0.05, 0) is 42.0 Å². The maximum atomic E-state index is 12.8. The first-order valence-corrected chi connectivity index (χ1v) is 9.29. The largest absolute Gasteiger partial charge is 0.496 e. The van der Waals surface area contributed by atoms with E-state index in [0.717, 1.165) is 18.5 Å². The molecule has 2 heterocycles. The van der Waals surface area contributed by atoms with Crippen LogP contribution in [-0.4, -0.2) is 48.1 Å². The molecule has 1 aliphatic carbocycles. The standard InChI is InChI=1S/C21H19BN2O6/c1-29-18-5-12(6-19(30-2)16(18)10-25)15-9-24(21(22,27)28)20(26)14-8-23-17(7-13(14)15)11-3-4-11/h5-11,27-28H,3-4H2,1-2H3. The molecule has 0 spiro atoms. The van der Waals surface area contributed by atoms with Gasteiger partial charge in [0.15, 0.2) is 19.9 Å². The minimum absolute atomic E-state index is 0.173. The second-order valence-corrected chi connectivity index (χ2v) is 7.25. The Morgan fingerprint density at radius 3 is 2.30 bits per heavy atom. The molecule has 1 fully saturated rings. The maximum Gasteiger partial charge on any atom is 0.263 e. The van der Waals surface area contributed by atoms with Gasteiger partial charge in [-0.2, -0.15) is 0 Å². The van der Waals surface area contributed by atoms with Crippen LogP contribution in [-0.2, 0) is 5.81 Å². The molecule has 9 heteroatoms. The third-order valence-electron chi connectivity index (χ3n) is 5.25. The Kier molecular flexibility index (Phi) is 4.87. The van der Waals surface area contributed by atoms with Gasteiger partial charge in [0.2, 0.25) is 0 Å². The Hall–Kier alpha value is -3.17. The third kappa shape index (κ3) is 3.36. The molecule has 1 saturated carbocycles. The fraction of sp³-hybridized carbons (Fsp3) is 0.286. The lowest BCUT2D eigenvalue weighted by Crippen LogP contribution is -2.41. The summed E-state index contributed by atoms with van der Waals surface area (Å²) in [6, 6.07) is 5.05. The van der Waals surface area contributed by atoms with Gasteiger partial charge in [0, 0.05) is 29.6 Å². The lowest BCUT2D eigenvalue weighted by Gasteiger charge is -2.23. The zero-order valence-corrected chi connectivity index (χ0v) is 16.5. The first kappa shape index (κ1) is 20.1. The van der Waals surface area contributed by atoms with Crippen molar-refractivity contribution >= 4 is 24.9 Å². The van der Waals surface area contributed by atoms with Gasteiger partial charge in [0.05, 0.1) is 25.2 Å². The van der Waals surface area contributed by atoms with E-state index in [0.29, 0.717) is 33.3 Å². The van der Waals surface area contributed by atoms with E-state index in [9.17, 15) is 19.8 Å². The Bertz CT molecular complexity index is 1190. The van der Waals surface area contributed by atoms with Crippen molar-refractivity contribution < 1.29 is 24.5 Å². The molecule has 0 bridgehead atoms. The molecule has 30 heavy (non-hydrogen) atoms. The molecule has 8 nitrogen and oxygen atoms in total. The third-order valence-corrected chi connectivity index (χ3v) is 5.25. The summed E-state index contributed by atoms with van der Waals surface area (Å²) in [5, 5.41) is 20.6. The lowest BCUT2D eigenvalue weighted by atomic mass is 9.96. The molecule has 3 aromatic rings. The number of hydrogen-bond donors (Lipinski definition) is 2. The van der Waals surface area contributed by atoms with E-state index < -0.39 is 11.4 Å². The van der Waals surface area contributed by atoms with Crippen LogP contribution in [0.4, 0.5) is 0 Å². The van der Waals surface area contributed by atoms with Crippen LogP contribution in [0.1, 0.15) is 34.8 Å². The zero-order valence-electron chi connectivity index (χ0n) is 16.5. The Balaban J connectivity index is 2.08. The smallest absolute Gasteiger partial charge is 0.263 e. The van der Waals surface area contributed by atoms with Crippen LogP contribution in [0.2, 0.25) is 0 Å². The average molecular weight is 406 g/mol. The van der Waals surface area contributed by atoms with E-state index in [1.807, 2.05) is 6.07 Å². The molecule has 0 atom stereocenters. The number of aldehydes is 1. The predicted octanol–water partition coefficient (Wildman–Crippen LogP) is 1.49. The van der Waals surface area contributed by atoms with Crippen LogP contribution in [0.25, 0.3) is 21.9 Å². The van der Waals surface area contributed by atoms with E-state index in [-0.39, 0.29) is 22.4 Å². The van der Waals surface area contributed by atoms with Gasteiger partial charge in [-0.1, -0.05) is 0 Å². The average Bonchev–Trinajstić information content (AvgIpc) is 3.57. The van der Waals surface area contributed by atoms with Crippen LogP contribution in [0.5, 0.6) is 11.5 Å². The van der Waals surface area contributed by atoms with Crippen molar-refractivity contribution in [2.24, 2.45) is 0 Å². The van der Waals surface area contributed by atoms with Gasteiger partial charge >= 0.3 is 0 Å². The van der Waals surface area contributed by atoms with Crippen molar-refractivity contribution in [3.8, 4) is 22.6 Å². The summed E-state index contributed by atoms with van der Waals surface area (Å²) in [4.78, 5) is 28.7. The van der Waals surface area contributed by atoms with Crippen LogP contribution in [0.15, 0.2) is 35.4 Å². The molecule has 4 rings (SSSR count). The van der Waals surface area contributed by atoms with Gasteiger partial charge in [-0.15, -0.1) is 0 Å². The normalized spacial score (nSPS) is 14.0. The second-order valence-electron chi connectivity index (χ2n) is 7.25. The van der Waals surface area contributed by atoms with Gasteiger partial charge < -0.3 is 19.7 Å². The van der Waals surface area contributed by atoms with Crippen LogP contribution < -0.4 is 15.0 Å². The number of aromatic nitrogens is 2. The highest BCUT2D eigenvalue weighted by Crippen LogP contribution is 2.41. The monoisotopic (exact) mass is 406 g/mol. The molecule has 0 amide bonds. The van der Waals surface area contributed by atoms with Crippen molar-refractivity contribution in [2.75, 3.05) is 14.2 Å². The number of nitrogens with zero attached hydrogens (tertiary/aromatic N) is 2. The first-order valence-electron chi connectivity index (χ1n) is 9.29. The lowest BCUT2D eigenvalue weighted by molar-refractivity contribution is -0.153. The minimum atomic E-state index is -2.91. The van der Waals surface area contributed by atoms with E-state index in [4.69, 9.17) is 17.3 Å². The summed E-state index contributed by atoms with van der Waals surface area (Å²) in [6.45, 7) is 0. The SMILES string of the molecule is [B]C(O)(O)n1cc(-c2cc(OC)c(C=O)c(OC)c2)c2cc(C3CC3)ncc2c1=O. The molecule has 0 aliphatic heterocycles. The summed E-state index contributed by atoms with van der Waals surface area (Å²) >= 11 is 0. The van der Waals surface area contributed by atoms with Crippen molar-refractivity contribution in [1.82, 2.24) is 9.55 Å². The van der Waals surface area contributed by atoms with Gasteiger partial charge in [-0.25, -0.2) is 0 Å². The minimum Gasteiger partial charge on any atom is -0.496 e. The predicted molar refractivity (Wildman–Crippen MR) is 110 cm³/mol. The molecule has 2 N–H and O–H groups in total. The Morgan fingerprint density at radius 2 is 1.80 bits per heavy atom. The summed E-state index contributed by atoms with van der Waals surface area (Å²) in [6.07, 6.45) is 5.36. The van der Waals surface area contributed by atoms with Gasteiger partial charge in [0.1, 0.15) is 11.5 Å². The van der Waals surface area contributed by atoms with E-state index in [1.165, 1.54) is 26.6 Å². The zero-order chi connectivity index (χ0) is 21.6. The number of benzene rings is 1. The van der Waals surface area contributed by atoms with E-state index in [1.54, 1.807) is 12.1 Å². The molecule has 0 unspecified atom stereocenters. The number of carbonyl (C=O) groups is 1. The van der Waals surface area contributed by atoms with Crippen molar-refractivity contribution in [2.45, 2.75) is 24.6 Å². The molecule has 2 radical (unpaired) electrons. The number of ether oxygens (including phenoxy) is 2. The molecule has 152 valence electrons. The second kappa shape index (κ2) is 7.26. The highest BCUT2D eigenvalue weighted by Gasteiger charge is 2.27. The van der Waals surface area contributed by atoms with Gasteiger partial charge in [0.25, 0.3) is 5.56 Å². The molecule has 0 saturated heterocycles. The highest BCUT2D eigenvalue weighted by atomic mass is 16.5. The number of carbonyl (C=O) groups excluding carboxylic acids is 1. The molecular weight excluding hydrogens is 387 g/mol. The molecular formula is C21H19BN2O6. The Morgan fingerprint density at radius 1 is 1.17 bits per heavy atom. The first-order chi connectivity index (χ1) is 14.3. The number of rotatable bonds is 6. The molecule has 1 aliphatic rings. The quantitative estimate of drug-likeness (QED) is 0.363. The topological polar surface area (TPSA) is 111 Å². The van der Waals surface area contributed by atoms with Crippen molar-refractivity contribution in [1.29, 1.82) is 0 Å². The number of aliphatic hydroxyl groups is 2. The van der Waals surface area contributed by atoms with Crippen LogP contribution in [0, 0.1) is 0 Å². The maximum absolute atomic E-state index is 12.8. The fourth-order valence-corrected chi connectivity index (χ4v) is 3.54. The van der Waals surface area contributed by atoms with Crippen molar-refractivity contribution in [3.63, 3.8) is 0 Å². The molecule has 1 aromatic carbocycles. The fourth-order valence-electron chi connectivity index (χ4n) is 3.54. The number of methoxy groups -OCH3 is 2. The summed E-state index contributed by atoms with van der Waals surface area (Å²) in [5.74, 6) is -2.02. The number of pyridine rings is 2. The summed E-state index contributed by atoms with van der Waals surface area (Å²) in [7, 11) is 8.24. The van der Waals surface area contributed by atoms with Crippen LogP contribution >= 0.6 is 0 Å². The Labute approximate surface area is 173 Å². The van der Waals surface area contributed by atoms with E-state index in [2.05, 4.69) is 4.98 Å². The highest BCUT2D eigenvalue weighted by molar-refractivity contribution is 6.11. The summed E-state index contributed by atoms with van der Waals surface area (Å²) in [5.41, 5.74) is 1.40. The number of fused-ring (bicyclic) bond motifs is 1. The molecule has 2 aromatic heterocycles. The summed E-state index contributed by atoms with van der Waals surface area (Å²) < 4.78 is 11.3. The van der Waals surface area contributed by atoms with E-state index >= 15 is 0 Å².